The zero-order valence-electron chi connectivity index (χ0n) is 22.0. The van der Waals surface area contributed by atoms with E-state index in [1.54, 1.807) is 43.0 Å². The Balaban J connectivity index is 1.65. The molecule has 0 atom stereocenters. The summed E-state index contributed by atoms with van der Waals surface area (Å²) in [5.74, 6) is 1.40. The second-order valence-electron chi connectivity index (χ2n) is 10.1. The van der Waals surface area contributed by atoms with Crippen molar-refractivity contribution in [2.45, 2.75) is 52.2 Å². The topological polar surface area (TPSA) is 88.5 Å². The van der Waals surface area contributed by atoms with Crippen molar-refractivity contribution in [2.24, 2.45) is 10.9 Å². The molecule has 1 aliphatic rings. The van der Waals surface area contributed by atoms with Crippen LogP contribution in [0.1, 0.15) is 45.0 Å². The summed E-state index contributed by atoms with van der Waals surface area (Å²) in [6.07, 6.45) is 10.9. The Kier molecular flexibility index (Phi) is 7.88. The van der Waals surface area contributed by atoms with Crippen LogP contribution in [0.4, 0.5) is 5.69 Å². The quantitative estimate of drug-likeness (QED) is 0.205. The van der Waals surface area contributed by atoms with Crippen molar-refractivity contribution < 1.29 is 5.11 Å². The van der Waals surface area contributed by atoms with Crippen LogP contribution in [0.2, 0.25) is 0 Å². The standard InChI is InChI=1S/C29H36N6O2/c1-6-8-25(29(4,5)37)31-20-35-27-24(28(36)34(35)15-7-2)19-30-26(32-27)18-22-9-11-23(12-10-22)33-16-13-21(3)14-17-33/h6-12,19-21,37H,1-2,13-18H2,3-5H3/b25-8-,31-20?. The first-order valence-corrected chi connectivity index (χ1v) is 12.7. The summed E-state index contributed by atoms with van der Waals surface area (Å²) in [5.41, 5.74) is 1.78. The predicted octanol–water partition coefficient (Wildman–Crippen LogP) is 4.32. The lowest BCUT2D eigenvalue weighted by atomic mass is 9.98. The molecule has 0 aliphatic carbocycles. The fourth-order valence-electron chi connectivity index (χ4n) is 4.49. The predicted molar refractivity (Wildman–Crippen MR) is 150 cm³/mol. The monoisotopic (exact) mass is 500 g/mol. The highest BCUT2D eigenvalue weighted by molar-refractivity contribution is 5.81. The van der Waals surface area contributed by atoms with E-state index in [9.17, 15) is 9.90 Å². The van der Waals surface area contributed by atoms with Crippen LogP contribution in [0.5, 0.6) is 0 Å². The summed E-state index contributed by atoms with van der Waals surface area (Å²) in [6, 6.07) is 8.57. The van der Waals surface area contributed by atoms with E-state index in [-0.39, 0.29) is 12.1 Å². The number of aliphatic imine (C=N–C) groups is 1. The number of fused-ring (bicyclic) bond motifs is 1. The molecular weight excluding hydrogens is 464 g/mol. The Bertz CT molecular complexity index is 1380. The molecule has 0 spiro atoms. The highest BCUT2D eigenvalue weighted by Crippen LogP contribution is 2.24. The third kappa shape index (κ3) is 5.97. The van der Waals surface area contributed by atoms with E-state index in [1.165, 1.54) is 29.5 Å². The fraction of sp³-hybridized carbons (Fsp3) is 0.379. The van der Waals surface area contributed by atoms with Crippen LogP contribution in [0.15, 0.2) is 77.3 Å². The van der Waals surface area contributed by atoms with E-state index >= 15 is 0 Å². The number of anilines is 1. The summed E-state index contributed by atoms with van der Waals surface area (Å²) < 4.78 is 3.08. The van der Waals surface area contributed by atoms with Gasteiger partial charge in [-0.1, -0.05) is 37.8 Å². The molecule has 1 saturated heterocycles. The average molecular weight is 501 g/mol. The molecule has 1 aliphatic heterocycles. The zero-order valence-corrected chi connectivity index (χ0v) is 22.0. The smallest absolute Gasteiger partial charge is 0.278 e. The van der Waals surface area contributed by atoms with Gasteiger partial charge in [0.25, 0.3) is 5.56 Å². The molecule has 0 unspecified atom stereocenters. The van der Waals surface area contributed by atoms with Gasteiger partial charge in [-0.3, -0.25) is 4.79 Å². The molecule has 1 aromatic carbocycles. The number of hydrogen-bond donors (Lipinski definition) is 1. The lowest BCUT2D eigenvalue weighted by Gasteiger charge is -2.32. The Labute approximate surface area is 218 Å². The van der Waals surface area contributed by atoms with Crippen LogP contribution in [-0.4, -0.2) is 49.5 Å². The first-order chi connectivity index (χ1) is 17.7. The molecule has 0 amide bonds. The van der Waals surface area contributed by atoms with Crippen molar-refractivity contribution in [3.63, 3.8) is 0 Å². The maximum Gasteiger partial charge on any atom is 0.278 e. The van der Waals surface area contributed by atoms with E-state index in [1.807, 2.05) is 0 Å². The number of aromatic nitrogens is 4. The number of aliphatic hydroxyl groups is 1. The number of rotatable bonds is 9. The van der Waals surface area contributed by atoms with Gasteiger partial charge < -0.3 is 10.0 Å². The van der Waals surface area contributed by atoms with Gasteiger partial charge >= 0.3 is 0 Å². The highest BCUT2D eigenvalue weighted by Gasteiger charge is 2.20. The average Bonchev–Trinajstić information content (AvgIpc) is 3.12. The zero-order chi connectivity index (χ0) is 26.6. The largest absolute Gasteiger partial charge is 0.384 e. The third-order valence-electron chi connectivity index (χ3n) is 6.72. The van der Waals surface area contributed by atoms with Crippen LogP contribution in [0, 0.1) is 5.92 Å². The number of benzene rings is 1. The number of allylic oxidation sites excluding steroid dienone is 3. The normalized spacial score (nSPS) is 15.6. The van der Waals surface area contributed by atoms with E-state index in [4.69, 9.17) is 4.98 Å². The lowest BCUT2D eigenvalue weighted by molar-refractivity contribution is 0.118. The number of piperidine rings is 1. The Morgan fingerprint density at radius 3 is 2.54 bits per heavy atom. The molecule has 8 nitrogen and oxygen atoms in total. The molecule has 3 aromatic rings. The van der Waals surface area contributed by atoms with Crippen molar-refractivity contribution in [3.05, 3.63) is 89.3 Å². The minimum atomic E-state index is -1.18. The second kappa shape index (κ2) is 11.1. The highest BCUT2D eigenvalue weighted by atomic mass is 16.3. The molecule has 0 radical (unpaired) electrons. The molecule has 4 rings (SSSR count). The second-order valence-corrected chi connectivity index (χ2v) is 10.1. The molecule has 0 bridgehead atoms. The molecule has 194 valence electrons. The summed E-state index contributed by atoms with van der Waals surface area (Å²) >= 11 is 0. The minimum absolute atomic E-state index is 0.231. The lowest BCUT2D eigenvalue weighted by Crippen LogP contribution is -2.32. The molecule has 3 heterocycles. The number of nitrogens with zero attached hydrogens (tertiary/aromatic N) is 6. The van der Waals surface area contributed by atoms with Crippen molar-refractivity contribution in [1.29, 1.82) is 0 Å². The van der Waals surface area contributed by atoms with Crippen LogP contribution in [-0.2, 0) is 13.0 Å². The Morgan fingerprint density at radius 2 is 1.92 bits per heavy atom. The van der Waals surface area contributed by atoms with Gasteiger partial charge in [-0.05, 0) is 56.4 Å². The van der Waals surface area contributed by atoms with Gasteiger partial charge in [0, 0.05) is 31.4 Å². The van der Waals surface area contributed by atoms with Gasteiger partial charge in [0.1, 0.15) is 23.2 Å². The maximum atomic E-state index is 13.1. The van der Waals surface area contributed by atoms with Crippen LogP contribution < -0.4 is 10.5 Å². The summed E-state index contributed by atoms with van der Waals surface area (Å²) in [7, 11) is 0. The fourth-order valence-corrected chi connectivity index (χ4v) is 4.49. The van der Waals surface area contributed by atoms with Gasteiger partial charge in [-0.15, -0.1) is 6.58 Å². The molecule has 0 saturated carbocycles. The van der Waals surface area contributed by atoms with Gasteiger partial charge in [0.15, 0.2) is 5.65 Å². The SMILES string of the molecule is C=C/C=C(\N=Cn1c2nc(Cc3ccc(N4CCC(C)CC4)cc3)ncc2c(=O)n1CC=C)C(C)(C)O. The summed E-state index contributed by atoms with van der Waals surface area (Å²) in [6.45, 7) is 15.5. The first-order valence-electron chi connectivity index (χ1n) is 12.7. The van der Waals surface area contributed by atoms with E-state index in [0.717, 1.165) is 24.6 Å². The molecule has 37 heavy (non-hydrogen) atoms. The molecule has 8 heteroatoms. The van der Waals surface area contributed by atoms with Gasteiger partial charge in [-0.25, -0.2) is 24.3 Å². The molecular formula is C29H36N6O2. The van der Waals surface area contributed by atoms with Crippen LogP contribution in [0.3, 0.4) is 0 Å². The Morgan fingerprint density at radius 1 is 1.22 bits per heavy atom. The van der Waals surface area contributed by atoms with Crippen LogP contribution in [0.25, 0.3) is 11.0 Å². The van der Waals surface area contributed by atoms with Crippen LogP contribution >= 0.6 is 0 Å². The molecule has 1 N–H and O–H groups in total. The summed E-state index contributed by atoms with van der Waals surface area (Å²) in [5, 5.41) is 10.8. The van der Waals surface area contributed by atoms with Crippen molar-refractivity contribution in [2.75, 3.05) is 18.0 Å². The first kappa shape index (κ1) is 26.3. The van der Waals surface area contributed by atoms with Gasteiger partial charge in [0.2, 0.25) is 0 Å². The van der Waals surface area contributed by atoms with Gasteiger partial charge in [-0.2, -0.15) is 0 Å². The maximum absolute atomic E-state index is 13.1. The third-order valence-corrected chi connectivity index (χ3v) is 6.72. The number of hydrogen-bond acceptors (Lipinski definition) is 6. The van der Waals surface area contributed by atoms with E-state index < -0.39 is 5.60 Å². The minimum Gasteiger partial charge on any atom is -0.384 e. The van der Waals surface area contributed by atoms with Gasteiger partial charge in [0.05, 0.1) is 12.2 Å². The summed E-state index contributed by atoms with van der Waals surface area (Å²) in [4.78, 5) is 29.2. The Hall–Kier alpha value is -3.78. The van der Waals surface area contributed by atoms with Crippen molar-refractivity contribution in [3.8, 4) is 0 Å². The van der Waals surface area contributed by atoms with Crippen molar-refractivity contribution in [1.82, 2.24) is 19.3 Å². The molecule has 1 fully saturated rings. The van der Waals surface area contributed by atoms with Crippen molar-refractivity contribution >= 4 is 23.1 Å². The molecule has 2 aromatic heterocycles. The van der Waals surface area contributed by atoms with E-state index in [0.29, 0.717) is 29.0 Å². The van der Waals surface area contributed by atoms with E-state index in [2.05, 4.69) is 59.2 Å².